The van der Waals surface area contributed by atoms with Crippen molar-refractivity contribution in [3.63, 3.8) is 0 Å². The lowest BCUT2D eigenvalue weighted by Crippen LogP contribution is -2.35. The molecule has 1 aromatic heterocycles. The van der Waals surface area contributed by atoms with Gasteiger partial charge in [-0.2, -0.15) is 5.26 Å². The molecule has 0 aliphatic rings. The van der Waals surface area contributed by atoms with Gasteiger partial charge in [-0.15, -0.1) is 6.58 Å². The SMILES string of the molecule is C=CCN(Cc1ccc(C#N)cc1)C(=O)c1c(C)cc(C)[nH]c1=O. The van der Waals surface area contributed by atoms with Crippen LogP contribution in [-0.4, -0.2) is 22.3 Å². The number of benzene rings is 1. The highest BCUT2D eigenvalue weighted by Crippen LogP contribution is 2.12. The molecular formula is C19H19N3O2. The first-order valence-corrected chi connectivity index (χ1v) is 7.56. The van der Waals surface area contributed by atoms with Crippen LogP contribution in [0.4, 0.5) is 0 Å². The van der Waals surface area contributed by atoms with Crippen molar-refractivity contribution in [1.29, 1.82) is 5.26 Å². The van der Waals surface area contributed by atoms with E-state index in [2.05, 4.69) is 17.6 Å². The van der Waals surface area contributed by atoms with Gasteiger partial charge < -0.3 is 9.88 Å². The van der Waals surface area contributed by atoms with E-state index in [-0.39, 0.29) is 17.0 Å². The molecule has 1 aromatic carbocycles. The lowest BCUT2D eigenvalue weighted by molar-refractivity contribution is 0.0760. The second-order valence-electron chi connectivity index (χ2n) is 5.62. The van der Waals surface area contributed by atoms with Crippen LogP contribution in [0.3, 0.4) is 0 Å². The molecule has 0 aliphatic heterocycles. The minimum atomic E-state index is -0.383. The normalized spacial score (nSPS) is 10.0. The lowest BCUT2D eigenvalue weighted by atomic mass is 10.1. The average molecular weight is 321 g/mol. The molecule has 5 nitrogen and oxygen atoms in total. The molecule has 0 atom stereocenters. The van der Waals surface area contributed by atoms with Crippen LogP contribution < -0.4 is 5.56 Å². The van der Waals surface area contributed by atoms with E-state index < -0.39 is 0 Å². The second-order valence-corrected chi connectivity index (χ2v) is 5.62. The van der Waals surface area contributed by atoms with Gasteiger partial charge in [-0.3, -0.25) is 9.59 Å². The largest absolute Gasteiger partial charge is 0.330 e. The maximum Gasteiger partial charge on any atom is 0.261 e. The van der Waals surface area contributed by atoms with E-state index in [1.165, 1.54) is 0 Å². The number of nitrogens with one attached hydrogen (secondary N) is 1. The van der Waals surface area contributed by atoms with E-state index in [9.17, 15) is 9.59 Å². The molecule has 2 aromatic rings. The van der Waals surface area contributed by atoms with E-state index in [0.717, 1.165) is 11.3 Å². The number of aromatic amines is 1. The molecule has 1 N–H and O–H groups in total. The zero-order chi connectivity index (χ0) is 17.7. The molecule has 0 aliphatic carbocycles. The van der Waals surface area contributed by atoms with Crippen molar-refractivity contribution in [2.45, 2.75) is 20.4 Å². The molecule has 0 spiro atoms. The third-order valence-electron chi connectivity index (χ3n) is 3.67. The number of aryl methyl sites for hydroxylation is 2. The fraction of sp³-hybridized carbons (Fsp3) is 0.211. The van der Waals surface area contributed by atoms with E-state index in [4.69, 9.17) is 5.26 Å². The number of hydrogen-bond acceptors (Lipinski definition) is 3. The summed E-state index contributed by atoms with van der Waals surface area (Å²) in [4.78, 5) is 29.2. The van der Waals surface area contributed by atoms with Crippen LogP contribution in [0.5, 0.6) is 0 Å². The van der Waals surface area contributed by atoms with Crippen molar-refractivity contribution < 1.29 is 4.79 Å². The van der Waals surface area contributed by atoms with Crippen LogP contribution in [0.25, 0.3) is 0 Å². The Labute approximate surface area is 140 Å². The van der Waals surface area contributed by atoms with E-state index in [1.807, 2.05) is 0 Å². The zero-order valence-electron chi connectivity index (χ0n) is 13.8. The topological polar surface area (TPSA) is 77.0 Å². The minimum Gasteiger partial charge on any atom is -0.330 e. The monoisotopic (exact) mass is 321 g/mol. The highest BCUT2D eigenvalue weighted by Gasteiger charge is 2.20. The maximum atomic E-state index is 12.8. The first-order chi connectivity index (χ1) is 11.5. The van der Waals surface area contributed by atoms with Crippen molar-refractivity contribution in [3.05, 3.63) is 81.3 Å². The zero-order valence-corrected chi connectivity index (χ0v) is 13.8. The number of rotatable bonds is 5. The Kier molecular flexibility index (Phi) is 5.33. The predicted octanol–water partition coefficient (Wildman–Crippen LogP) is 2.69. The highest BCUT2D eigenvalue weighted by atomic mass is 16.2. The smallest absolute Gasteiger partial charge is 0.261 e. The summed E-state index contributed by atoms with van der Waals surface area (Å²) >= 11 is 0. The predicted molar refractivity (Wildman–Crippen MR) is 92.6 cm³/mol. The number of nitrogens with zero attached hydrogens (tertiary/aromatic N) is 2. The molecular weight excluding hydrogens is 302 g/mol. The van der Waals surface area contributed by atoms with Gasteiger partial charge in [-0.1, -0.05) is 18.2 Å². The van der Waals surface area contributed by atoms with Crippen molar-refractivity contribution in [2.24, 2.45) is 0 Å². The van der Waals surface area contributed by atoms with Gasteiger partial charge in [0.25, 0.3) is 11.5 Å². The third kappa shape index (κ3) is 3.79. The van der Waals surface area contributed by atoms with Gasteiger partial charge >= 0.3 is 0 Å². The van der Waals surface area contributed by atoms with E-state index in [1.54, 1.807) is 55.2 Å². The Morgan fingerprint density at radius 3 is 2.54 bits per heavy atom. The molecule has 0 unspecified atom stereocenters. The Bertz CT molecular complexity index is 858. The van der Waals surface area contributed by atoms with Crippen LogP contribution in [-0.2, 0) is 6.54 Å². The summed E-state index contributed by atoms with van der Waals surface area (Å²) in [5.41, 5.74) is 2.57. The summed E-state index contributed by atoms with van der Waals surface area (Å²) in [6, 6.07) is 10.8. The summed E-state index contributed by atoms with van der Waals surface area (Å²) in [6.07, 6.45) is 1.62. The van der Waals surface area contributed by atoms with Gasteiger partial charge in [0.2, 0.25) is 0 Å². The van der Waals surface area contributed by atoms with Gasteiger partial charge in [-0.25, -0.2) is 0 Å². The number of hydrogen-bond donors (Lipinski definition) is 1. The summed E-state index contributed by atoms with van der Waals surface area (Å²) in [5.74, 6) is -0.335. The van der Waals surface area contributed by atoms with Crippen molar-refractivity contribution in [1.82, 2.24) is 9.88 Å². The molecule has 0 fully saturated rings. The average Bonchev–Trinajstić information content (AvgIpc) is 2.54. The summed E-state index contributed by atoms with van der Waals surface area (Å²) in [6.45, 7) is 7.88. The molecule has 122 valence electrons. The van der Waals surface area contributed by atoms with Crippen LogP contribution in [0.1, 0.15) is 32.7 Å². The quantitative estimate of drug-likeness (QED) is 0.860. The molecule has 0 saturated heterocycles. The number of nitriles is 1. The molecule has 1 heterocycles. The van der Waals surface area contributed by atoms with Crippen molar-refractivity contribution in [2.75, 3.05) is 6.54 Å². The summed E-state index contributed by atoms with van der Waals surface area (Å²) < 4.78 is 0. The Morgan fingerprint density at radius 1 is 1.33 bits per heavy atom. The Hall–Kier alpha value is -3.13. The number of amides is 1. The van der Waals surface area contributed by atoms with Crippen LogP contribution in [0, 0.1) is 25.2 Å². The van der Waals surface area contributed by atoms with Gasteiger partial charge in [-0.05, 0) is 43.2 Å². The van der Waals surface area contributed by atoms with E-state index >= 15 is 0 Å². The highest BCUT2D eigenvalue weighted by molar-refractivity contribution is 5.95. The first-order valence-electron chi connectivity index (χ1n) is 7.56. The first kappa shape index (κ1) is 17.2. The number of pyridine rings is 1. The molecule has 0 bridgehead atoms. The number of aromatic nitrogens is 1. The van der Waals surface area contributed by atoms with Gasteiger partial charge in [0.15, 0.2) is 0 Å². The molecule has 1 amide bonds. The molecule has 24 heavy (non-hydrogen) atoms. The lowest BCUT2D eigenvalue weighted by Gasteiger charge is -2.22. The molecule has 2 rings (SSSR count). The number of H-pyrrole nitrogens is 1. The maximum absolute atomic E-state index is 12.8. The fourth-order valence-electron chi connectivity index (χ4n) is 2.56. The summed E-state index contributed by atoms with van der Waals surface area (Å²) in [5, 5.41) is 8.85. The second kappa shape index (κ2) is 7.42. The fourth-order valence-corrected chi connectivity index (χ4v) is 2.56. The number of carbonyl (C=O) groups excluding carboxylic acids is 1. The summed E-state index contributed by atoms with van der Waals surface area (Å²) in [7, 11) is 0. The van der Waals surface area contributed by atoms with Crippen LogP contribution in [0.15, 0.2) is 47.8 Å². The van der Waals surface area contributed by atoms with Gasteiger partial charge in [0, 0.05) is 18.8 Å². The minimum absolute atomic E-state index is 0.149. The van der Waals surface area contributed by atoms with Crippen molar-refractivity contribution in [3.8, 4) is 6.07 Å². The van der Waals surface area contributed by atoms with Crippen molar-refractivity contribution >= 4 is 5.91 Å². The Morgan fingerprint density at radius 2 is 2.00 bits per heavy atom. The van der Waals surface area contributed by atoms with Gasteiger partial charge in [0.05, 0.1) is 11.6 Å². The van der Waals surface area contributed by atoms with Gasteiger partial charge in [0.1, 0.15) is 5.56 Å². The molecule has 0 saturated carbocycles. The molecule has 5 heteroatoms. The third-order valence-corrected chi connectivity index (χ3v) is 3.67. The van der Waals surface area contributed by atoms with Crippen LogP contribution in [0.2, 0.25) is 0 Å². The van der Waals surface area contributed by atoms with E-state index in [0.29, 0.717) is 24.2 Å². The standard InChI is InChI=1S/C19H19N3O2/c1-4-9-22(12-16-7-5-15(11-20)6-8-16)19(24)17-13(2)10-14(3)21-18(17)23/h4-8,10H,1,9,12H2,2-3H3,(H,21,23). The number of carbonyl (C=O) groups is 1. The van der Waals surface area contributed by atoms with Crippen LogP contribution >= 0.6 is 0 Å². The molecule has 0 radical (unpaired) electrons. The Balaban J connectivity index is 2.33.